The maximum atomic E-state index is 12.1. The van der Waals surface area contributed by atoms with Crippen LogP contribution in [0.4, 0.5) is 10.5 Å². The maximum Gasteiger partial charge on any atom is 0.337 e. The lowest BCUT2D eigenvalue weighted by Gasteiger charge is -2.21. The number of hydrogen-bond donors (Lipinski definition) is 2. The van der Waals surface area contributed by atoms with Crippen molar-refractivity contribution in [2.45, 2.75) is 18.9 Å². The van der Waals surface area contributed by atoms with E-state index in [1.165, 1.54) is 6.07 Å². The number of hydrogen-bond acceptors (Lipinski definition) is 2. The van der Waals surface area contributed by atoms with Crippen molar-refractivity contribution >= 4 is 17.7 Å². The molecule has 1 aliphatic rings. The second-order valence-electron chi connectivity index (χ2n) is 4.45. The molecule has 5 nitrogen and oxygen atoms in total. The molecule has 0 aromatic heterocycles. The summed E-state index contributed by atoms with van der Waals surface area (Å²) in [6, 6.07) is 6.33. The Kier molecular flexibility index (Phi) is 3.85. The van der Waals surface area contributed by atoms with Gasteiger partial charge in [0.1, 0.15) is 0 Å². The third-order valence-electron chi connectivity index (χ3n) is 2.97. The minimum atomic E-state index is -1.06. The average Bonchev–Trinajstić information content (AvgIpc) is 3.20. The third kappa shape index (κ3) is 3.13. The van der Waals surface area contributed by atoms with Gasteiger partial charge in [-0.2, -0.15) is 0 Å². The molecular formula is C14H16N2O3. The van der Waals surface area contributed by atoms with Gasteiger partial charge in [0.25, 0.3) is 0 Å². The molecule has 2 rings (SSSR count). The van der Waals surface area contributed by atoms with Crippen LogP contribution in [0.15, 0.2) is 36.9 Å². The minimum absolute atomic E-state index is 0.0881. The lowest BCUT2D eigenvalue weighted by molar-refractivity contribution is 0.0698. The SMILES string of the molecule is C=CCN(C(=O)Nc1ccccc1C(=O)O)C1CC1. The molecule has 100 valence electrons. The Bertz CT molecular complexity index is 509. The van der Waals surface area contributed by atoms with Crippen molar-refractivity contribution < 1.29 is 14.7 Å². The third-order valence-corrected chi connectivity index (χ3v) is 2.97. The largest absolute Gasteiger partial charge is 0.478 e. The Morgan fingerprint density at radius 3 is 2.68 bits per heavy atom. The number of para-hydroxylation sites is 1. The first kappa shape index (κ1) is 13.1. The van der Waals surface area contributed by atoms with Gasteiger partial charge < -0.3 is 15.3 Å². The zero-order valence-corrected chi connectivity index (χ0v) is 10.5. The summed E-state index contributed by atoms with van der Waals surface area (Å²) < 4.78 is 0. The van der Waals surface area contributed by atoms with Gasteiger partial charge in [-0.15, -0.1) is 6.58 Å². The first-order chi connectivity index (χ1) is 9.13. The van der Waals surface area contributed by atoms with E-state index in [0.717, 1.165) is 12.8 Å². The van der Waals surface area contributed by atoms with Crippen molar-refractivity contribution in [3.05, 3.63) is 42.5 Å². The van der Waals surface area contributed by atoms with Crippen LogP contribution >= 0.6 is 0 Å². The molecule has 1 aromatic carbocycles. The minimum Gasteiger partial charge on any atom is -0.478 e. The summed E-state index contributed by atoms with van der Waals surface area (Å²) in [4.78, 5) is 24.9. The van der Waals surface area contributed by atoms with Crippen LogP contribution in [0.3, 0.4) is 0 Å². The summed E-state index contributed by atoms with van der Waals surface area (Å²) >= 11 is 0. The topological polar surface area (TPSA) is 69.6 Å². The number of amides is 2. The molecule has 1 aromatic rings. The summed E-state index contributed by atoms with van der Waals surface area (Å²) in [7, 11) is 0. The highest BCUT2D eigenvalue weighted by molar-refractivity contribution is 6.00. The molecule has 0 heterocycles. The van der Waals surface area contributed by atoms with E-state index in [9.17, 15) is 9.59 Å². The van der Waals surface area contributed by atoms with Crippen LogP contribution in [-0.4, -0.2) is 34.6 Å². The van der Waals surface area contributed by atoms with Crippen molar-refractivity contribution in [2.24, 2.45) is 0 Å². The Hall–Kier alpha value is -2.30. The number of anilines is 1. The number of carboxylic acids is 1. The van der Waals surface area contributed by atoms with Crippen LogP contribution < -0.4 is 5.32 Å². The van der Waals surface area contributed by atoms with Crippen molar-refractivity contribution in [1.29, 1.82) is 0 Å². The zero-order chi connectivity index (χ0) is 13.8. The number of nitrogens with one attached hydrogen (secondary N) is 1. The lowest BCUT2D eigenvalue weighted by atomic mass is 10.2. The number of rotatable bonds is 5. The van der Waals surface area contributed by atoms with Gasteiger partial charge in [0.2, 0.25) is 0 Å². The average molecular weight is 260 g/mol. The monoisotopic (exact) mass is 260 g/mol. The van der Waals surface area contributed by atoms with Crippen molar-refractivity contribution in [3.8, 4) is 0 Å². The van der Waals surface area contributed by atoms with Gasteiger partial charge in [-0.3, -0.25) is 0 Å². The highest BCUT2D eigenvalue weighted by Gasteiger charge is 2.32. The Morgan fingerprint density at radius 1 is 1.42 bits per heavy atom. The van der Waals surface area contributed by atoms with Crippen LogP contribution in [0.2, 0.25) is 0 Å². The summed E-state index contributed by atoms with van der Waals surface area (Å²) in [6.07, 6.45) is 3.64. The normalized spacial score (nSPS) is 13.7. The molecule has 0 unspecified atom stereocenters. The second kappa shape index (κ2) is 5.56. The number of nitrogens with zero attached hydrogens (tertiary/aromatic N) is 1. The molecule has 0 spiro atoms. The number of carbonyl (C=O) groups is 2. The van der Waals surface area contributed by atoms with Gasteiger partial charge in [0, 0.05) is 12.6 Å². The molecule has 1 fully saturated rings. The molecule has 5 heteroatoms. The Morgan fingerprint density at radius 2 is 2.11 bits per heavy atom. The fraction of sp³-hybridized carbons (Fsp3) is 0.286. The van der Waals surface area contributed by atoms with Crippen LogP contribution in [0, 0.1) is 0 Å². The van der Waals surface area contributed by atoms with Gasteiger partial charge in [0.05, 0.1) is 11.3 Å². The predicted octanol–water partition coefficient (Wildman–Crippen LogP) is 2.57. The molecule has 2 amide bonds. The highest BCUT2D eigenvalue weighted by Crippen LogP contribution is 2.27. The highest BCUT2D eigenvalue weighted by atomic mass is 16.4. The van der Waals surface area contributed by atoms with Crippen LogP contribution in [0.5, 0.6) is 0 Å². The van der Waals surface area contributed by atoms with E-state index in [1.54, 1.807) is 29.2 Å². The van der Waals surface area contributed by atoms with E-state index >= 15 is 0 Å². The summed E-state index contributed by atoms with van der Waals surface area (Å²) in [5.74, 6) is -1.06. The molecule has 0 saturated heterocycles. The van der Waals surface area contributed by atoms with E-state index in [-0.39, 0.29) is 17.6 Å². The number of carboxylic acid groups (broad SMARTS) is 1. The number of carbonyl (C=O) groups excluding carboxylic acids is 1. The predicted molar refractivity (Wildman–Crippen MR) is 72.3 cm³/mol. The Labute approximate surface area is 111 Å². The quantitative estimate of drug-likeness (QED) is 0.799. The summed E-state index contributed by atoms with van der Waals surface area (Å²) in [5.41, 5.74) is 0.403. The van der Waals surface area contributed by atoms with E-state index in [1.807, 2.05) is 0 Å². The Balaban J connectivity index is 2.13. The van der Waals surface area contributed by atoms with Gasteiger partial charge in [-0.05, 0) is 25.0 Å². The van der Waals surface area contributed by atoms with E-state index in [0.29, 0.717) is 12.2 Å². The molecule has 0 bridgehead atoms. The number of aromatic carboxylic acids is 1. The van der Waals surface area contributed by atoms with E-state index < -0.39 is 5.97 Å². The maximum absolute atomic E-state index is 12.1. The molecule has 0 aliphatic heterocycles. The van der Waals surface area contributed by atoms with Crippen LogP contribution in [0.1, 0.15) is 23.2 Å². The van der Waals surface area contributed by atoms with Gasteiger partial charge in [-0.1, -0.05) is 18.2 Å². The van der Waals surface area contributed by atoms with Gasteiger partial charge in [-0.25, -0.2) is 9.59 Å². The first-order valence-corrected chi connectivity index (χ1v) is 6.14. The van der Waals surface area contributed by atoms with Crippen molar-refractivity contribution in [2.75, 3.05) is 11.9 Å². The fourth-order valence-electron chi connectivity index (χ4n) is 1.89. The first-order valence-electron chi connectivity index (χ1n) is 6.14. The van der Waals surface area contributed by atoms with Crippen molar-refractivity contribution in [1.82, 2.24) is 4.90 Å². The number of urea groups is 1. The smallest absolute Gasteiger partial charge is 0.337 e. The number of benzene rings is 1. The molecular weight excluding hydrogens is 244 g/mol. The molecule has 19 heavy (non-hydrogen) atoms. The zero-order valence-electron chi connectivity index (χ0n) is 10.5. The molecule has 0 atom stereocenters. The van der Waals surface area contributed by atoms with Crippen LogP contribution in [-0.2, 0) is 0 Å². The molecule has 1 saturated carbocycles. The molecule has 1 aliphatic carbocycles. The van der Waals surface area contributed by atoms with E-state index in [2.05, 4.69) is 11.9 Å². The van der Waals surface area contributed by atoms with Gasteiger partial charge >= 0.3 is 12.0 Å². The fourth-order valence-corrected chi connectivity index (χ4v) is 1.89. The summed E-state index contributed by atoms with van der Waals surface area (Å²) in [5, 5.41) is 11.7. The van der Waals surface area contributed by atoms with Crippen LogP contribution in [0.25, 0.3) is 0 Å². The summed E-state index contributed by atoms with van der Waals surface area (Å²) in [6.45, 7) is 4.09. The molecule has 2 N–H and O–H groups in total. The molecule has 0 radical (unpaired) electrons. The lowest BCUT2D eigenvalue weighted by Crippen LogP contribution is -2.37. The van der Waals surface area contributed by atoms with Crippen molar-refractivity contribution in [3.63, 3.8) is 0 Å². The standard InChI is InChI=1S/C14H16N2O3/c1-2-9-16(10-7-8-10)14(19)15-12-6-4-3-5-11(12)13(17)18/h2-6,10H,1,7-9H2,(H,15,19)(H,17,18). The van der Waals surface area contributed by atoms with Gasteiger partial charge in [0.15, 0.2) is 0 Å². The van der Waals surface area contributed by atoms with E-state index in [4.69, 9.17) is 5.11 Å². The second-order valence-corrected chi connectivity index (χ2v) is 4.45.